The predicted octanol–water partition coefficient (Wildman–Crippen LogP) is 6.87. The van der Waals surface area contributed by atoms with Gasteiger partial charge in [-0.1, -0.05) is 46.5 Å². The number of benzene rings is 1. The first-order valence-corrected chi connectivity index (χ1v) is 10.3. The van der Waals surface area contributed by atoms with Crippen LogP contribution in [0.2, 0.25) is 0 Å². The Balaban J connectivity index is 2.39. The van der Waals surface area contributed by atoms with Gasteiger partial charge in [-0.05, 0) is 69.2 Å². The summed E-state index contributed by atoms with van der Waals surface area (Å²) >= 11 is 7.25. The first-order valence-electron chi connectivity index (χ1n) is 8.70. The molecule has 0 N–H and O–H groups in total. The van der Waals surface area contributed by atoms with Gasteiger partial charge in [0.05, 0.1) is 11.4 Å². The van der Waals surface area contributed by atoms with Crippen molar-refractivity contribution in [3.63, 3.8) is 0 Å². The number of hydrogen-bond acceptors (Lipinski definition) is 2. The van der Waals surface area contributed by atoms with Crippen molar-refractivity contribution in [1.29, 1.82) is 0 Å². The van der Waals surface area contributed by atoms with Crippen LogP contribution in [-0.4, -0.2) is 9.97 Å². The quantitative estimate of drug-likeness (QED) is 0.417. The molecule has 1 heterocycles. The molecule has 1 unspecified atom stereocenters. The lowest BCUT2D eigenvalue weighted by Gasteiger charge is -2.14. The fraction of sp³-hybridized carbons (Fsp3) is 0.579. The number of aryl methyl sites for hydroxylation is 1. The Morgan fingerprint density at radius 3 is 2.09 bits per heavy atom. The number of unbranched alkanes of at least 4 members (excludes halogenated alkanes) is 3. The highest BCUT2D eigenvalue weighted by Crippen LogP contribution is 2.29. The summed E-state index contributed by atoms with van der Waals surface area (Å²) in [6, 6.07) is 4.07. The van der Waals surface area contributed by atoms with Crippen molar-refractivity contribution < 1.29 is 0 Å². The Morgan fingerprint density at radius 1 is 0.913 bits per heavy atom. The van der Waals surface area contributed by atoms with E-state index in [1.807, 2.05) is 12.1 Å². The third-order valence-electron chi connectivity index (χ3n) is 4.39. The lowest BCUT2D eigenvalue weighted by Crippen LogP contribution is -2.08. The normalized spacial score (nSPS) is 12.7. The van der Waals surface area contributed by atoms with Gasteiger partial charge in [-0.15, -0.1) is 0 Å². The number of nitrogens with zero attached hydrogens (tertiary/aromatic N) is 2. The standard InChI is InChI=1S/C19H26Br2N2/c1-4-6-7-8-9-16-17(12-13(3)5-2)23-19-15(21)11-10-14(20)18(19)22-16/h10-11,13H,4-9,12H2,1-3H3. The Kier molecular flexibility index (Phi) is 7.48. The molecule has 0 fully saturated rings. The van der Waals surface area contributed by atoms with Gasteiger partial charge in [0.25, 0.3) is 0 Å². The SMILES string of the molecule is CCCCCCc1nc2c(Br)ccc(Br)c2nc1CC(C)CC. The van der Waals surface area contributed by atoms with E-state index in [1.165, 1.54) is 43.5 Å². The van der Waals surface area contributed by atoms with E-state index in [1.54, 1.807) is 0 Å². The highest BCUT2D eigenvalue weighted by atomic mass is 79.9. The van der Waals surface area contributed by atoms with E-state index in [9.17, 15) is 0 Å². The molecular weight excluding hydrogens is 416 g/mol. The summed E-state index contributed by atoms with van der Waals surface area (Å²) in [6.45, 7) is 6.79. The van der Waals surface area contributed by atoms with E-state index in [-0.39, 0.29) is 0 Å². The predicted molar refractivity (Wildman–Crippen MR) is 106 cm³/mol. The van der Waals surface area contributed by atoms with Gasteiger partial charge >= 0.3 is 0 Å². The van der Waals surface area contributed by atoms with Crippen LogP contribution in [0.1, 0.15) is 64.3 Å². The zero-order valence-electron chi connectivity index (χ0n) is 14.3. The van der Waals surface area contributed by atoms with Crippen LogP contribution in [-0.2, 0) is 12.8 Å². The number of rotatable bonds is 8. The Bertz CT molecular complexity index is 655. The molecule has 0 aliphatic heterocycles. The van der Waals surface area contributed by atoms with Crippen LogP contribution in [0.15, 0.2) is 21.1 Å². The Hall–Kier alpha value is -0.480. The first kappa shape index (κ1) is 18.9. The molecule has 0 saturated carbocycles. The molecule has 1 atom stereocenters. The van der Waals surface area contributed by atoms with E-state index in [2.05, 4.69) is 52.6 Å². The van der Waals surface area contributed by atoms with Gasteiger partial charge in [0.15, 0.2) is 0 Å². The molecule has 23 heavy (non-hydrogen) atoms. The molecule has 4 heteroatoms. The van der Waals surface area contributed by atoms with Crippen LogP contribution in [0, 0.1) is 5.92 Å². The lowest BCUT2D eigenvalue weighted by atomic mass is 9.99. The fourth-order valence-electron chi connectivity index (χ4n) is 2.70. The Labute approximate surface area is 156 Å². The van der Waals surface area contributed by atoms with Crippen molar-refractivity contribution in [2.24, 2.45) is 5.92 Å². The molecule has 0 saturated heterocycles. The number of fused-ring (bicyclic) bond motifs is 1. The van der Waals surface area contributed by atoms with E-state index in [0.29, 0.717) is 5.92 Å². The van der Waals surface area contributed by atoms with Crippen molar-refractivity contribution in [3.8, 4) is 0 Å². The highest BCUT2D eigenvalue weighted by Gasteiger charge is 2.14. The number of aromatic nitrogens is 2. The monoisotopic (exact) mass is 440 g/mol. The largest absolute Gasteiger partial charge is 0.248 e. The first-order chi connectivity index (χ1) is 11.1. The fourth-order valence-corrected chi connectivity index (χ4v) is 3.52. The van der Waals surface area contributed by atoms with Gasteiger partial charge in [-0.25, -0.2) is 9.97 Å². The summed E-state index contributed by atoms with van der Waals surface area (Å²) in [4.78, 5) is 9.96. The van der Waals surface area contributed by atoms with Gasteiger partial charge in [0.1, 0.15) is 11.0 Å². The summed E-state index contributed by atoms with van der Waals surface area (Å²) in [5.41, 5.74) is 4.31. The zero-order valence-corrected chi connectivity index (χ0v) is 17.5. The third kappa shape index (κ3) is 4.99. The molecule has 2 aromatic rings. The average molecular weight is 442 g/mol. The van der Waals surface area contributed by atoms with Crippen LogP contribution in [0.4, 0.5) is 0 Å². The number of hydrogen-bond donors (Lipinski definition) is 0. The van der Waals surface area contributed by atoms with Crippen LogP contribution >= 0.6 is 31.9 Å². The topological polar surface area (TPSA) is 25.8 Å². The van der Waals surface area contributed by atoms with E-state index in [0.717, 1.165) is 32.8 Å². The van der Waals surface area contributed by atoms with Crippen LogP contribution in [0.5, 0.6) is 0 Å². The molecule has 126 valence electrons. The Morgan fingerprint density at radius 2 is 1.52 bits per heavy atom. The molecule has 0 aliphatic rings. The molecule has 1 aromatic heterocycles. The van der Waals surface area contributed by atoms with Crippen LogP contribution < -0.4 is 0 Å². The second-order valence-electron chi connectivity index (χ2n) is 6.37. The average Bonchev–Trinajstić information content (AvgIpc) is 2.55. The molecule has 0 radical (unpaired) electrons. The summed E-state index contributed by atoms with van der Waals surface area (Å²) in [6.07, 6.45) is 8.27. The van der Waals surface area contributed by atoms with Gasteiger partial charge in [0, 0.05) is 8.95 Å². The molecular formula is C19H26Br2N2. The highest BCUT2D eigenvalue weighted by molar-refractivity contribution is 9.11. The molecule has 0 amide bonds. The smallest absolute Gasteiger partial charge is 0.104 e. The van der Waals surface area contributed by atoms with Gasteiger partial charge < -0.3 is 0 Å². The van der Waals surface area contributed by atoms with Gasteiger partial charge in [0.2, 0.25) is 0 Å². The summed E-state index contributed by atoms with van der Waals surface area (Å²) in [7, 11) is 0. The molecule has 0 aliphatic carbocycles. The maximum Gasteiger partial charge on any atom is 0.104 e. The second-order valence-corrected chi connectivity index (χ2v) is 8.08. The molecule has 0 bridgehead atoms. The second kappa shape index (κ2) is 9.12. The van der Waals surface area contributed by atoms with Crippen molar-refractivity contribution in [3.05, 3.63) is 32.5 Å². The molecule has 1 aromatic carbocycles. The van der Waals surface area contributed by atoms with Crippen molar-refractivity contribution in [1.82, 2.24) is 9.97 Å². The molecule has 2 nitrogen and oxygen atoms in total. The van der Waals surface area contributed by atoms with Crippen molar-refractivity contribution in [2.75, 3.05) is 0 Å². The third-order valence-corrected chi connectivity index (χ3v) is 5.67. The van der Waals surface area contributed by atoms with Crippen LogP contribution in [0.3, 0.4) is 0 Å². The molecule has 2 rings (SSSR count). The summed E-state index contributed by atoms with van der Waals surface area (Å²) < 4.78 is 2.04. The summed E-state index contributed by atoms with van der Waals surface area (Å²) in [5, 5.41) is 0. The van der Waals surface area contributed by atoms with E-state index < -0.39 is 0 Å². The zero-order chi connectivity index (χ0) is 16.8. The maximum absolute atomic E-state index is 4.98. The van der Waals surface area contributed by atoms with E-state index >= 15 is 0 Å². The van der Waals surface area contributed by atoms with Crippen molar-refractivity contribution >= 4 is 42.9 Å². The minimum absolute atomic E-state index is 0.641. The van der Waals surface area contributed by atoms with E-state index in [4.69, 9.17) is 9.97 Å². The minimum Gasteiger partial charge on any atom is -0.248 e. The van der Waals surface area contributed by atoms with Gasteiger partial charge in [-0.3, -0.25) is 0 Å². The van der Waals surface area contributed by atoms with Crippen molar-refractivity contribution in [2.45, 2.75) is 65.7 Å². The number of halogens is 2. The van der Waals surface area contributed by atoms with Crippen LogP contribution in [0.25, 0.3) is 11.0 Å². The minimum atomic E-state index is 0.641. The lowest BCUT2D eigenvalue weighted by molar-refractivity contribution is 0.546. The molecule has 0 spiro atoms. The van der Waals surface area contributed by atoms with Gasteiger partial charge in [-0.2, -0.15) is 0 Å². The summed E-state index contributed by atoms with van der Waals surface area (Å²) in [5.74, 6) is 0.641. The maximum atomic E-state index is 4.98.